The summed E-state index contributed by atoms with van der Waals surface area (Å²) >= 11 is 7.45. The first-order valence-electron chi connectivity index (χ1n) is 10.0. The molecule has 0 spiro atoms. The van der Waals surface area contributed by atoms with E-state index in [1.165, 1.54) is 11.8 Å². The molecular weight excluding hydrogens is 432 g/mol. The van der Waals surface area contributed by atoms with Crippen molar-refractivity contribution in [1.82, 2.24) is 14.9 Å². The molecule has 0 bridgehead atoms. The molecule has 0 aliphatic carbocycles. The molecule has 1 saturated heterocycles. The number of aromatic nitrogens is 2. The number of carbonyl (C=O) groups excluding carboxylic acids is 1. The van der Waals surface area contributed by atoms with Crippen LogP contribution in [-0.4, -0.2) is 52.7 Å². The number of piperazine rings is 1. The van der Waals surface area contributed by atoms with Gasteiger partial charge in [-0.15, -0.1) is 0 Å². The van der Waals surface area contributed by atoms with Crippen molar-refractivity contribution in [3.05, 3.63) is 71.5 Å². The average Bonchev–Trinajstić information content (AvgIpc) is 2.80. The first kappa shape index (κ1) is 21.5. The highest BCUT2D eigenvalue weighted by Crippen LogP contribution is 2.29. The van der Waals surface area contributed by atoms with Crippen LogP contribution < -0.4 is 9.64 Å². The lowest BCUT2D eigenvalue weighted by molar-refractivity contribution is -0.128. The number of hydrogen-bond acceptors (Lipinski definition) is 6. The molecule has 1 fully saturated rings. The summed E-state index contributed by atoms with van der Waals surface area (Å²) in [5.41, 5.74) is 2.24. The number of thioether (sulfide) groups is 1. The predicted octanol–water partition coefficient (Wildman–Crippen LogP) is 4.67. The van der Waals surface area contributed by atoms with E-state index in [1.807, 2.05) is 60.4 Å². The van der Waals surface area contributed by atoms with E-state index in [4.69, 9.17) is 16.3 Å². The standard InChI is InChI=1S/C23H23ClN4O2S/c1-17-5-7-20(8-6-17)30-22-23(26-10-9-25-22)31-16-21(29)28-13-11-27(12-14-28)19-4-2-3-18(24)15-19/h2-10,15H,11-14,16H2,1H3. The fraction of sp³-hybridized carbons (Fsp3) is 0.261. The molecule has 6 nitrogen and oxygen atoms in total. The number of carbonyl (C=O) groups is 1. The van der Waals surface area contributed by atoms with E-state index in [-0.39, 0.29) is 5.91 Å². The van der Waals surface area contributed by atoms with E-state index < -0.39 is 0 Å². The highest BCUT2D eigenvalue weighted by Gasteiger charge is 2.22. The van der Waals surface area contributed by atoms with Gasteiger partial charge < -0.3 is 14.5 Å². The molecule has 1 aliphatic rings. The van der Waals surface area contributed by atoms with Crippen LogP contribution in [0.3, 0.4) is 0 Å². The van der Waals surface area contributed by atoms with Crippen LogP contribution in [0.5, 0.6) is 11.6 Å². The van der Waals surface area contributed by atoms with Crippen molar-refractivity contribution in [2.75, 3.05) is 36.8 Å². The van der Waals surface area contributed by atoms with Gasteiger partial charge in [0.25, 0.3) is 5.88 Å². The number of aryl methyl sites for hydroxylation is 1. The van der Waals surface area contributed by atoms with E-state index in [0.29, 0.717) is 35.5 Å². The number of rotatable bonds is 6. The van der Waals surface area contributed by atoms with Gasteiger partial charge in [0.05, 0.1) is 5.75 Å². The molecule has 4 rings (SSSR count). The molecule has 2 heterocycles. The van der Waals surface area contributed by atoms with E-state index in [1.54, 1.807) is 12.4 Å². The second-order valence-electron chi connectivity index (χ2n) is 7.22. The largest absolute Gasteiger partial charge is 0.437 e. The zero-order valence-corrected chi connectivity index (χ0v) is 18.8. The summed E-state index contributed by atoms with van der Waals surface area (Å²) in [4.78, 5) is 25.5. The normalized spacial score (nSPS) is 13.9. The smallest absolute Gasteiger partial charge is 0.252 e. The number of ether oxygens (including phenoxy) is 1. The van der Waals surface area contributed by atoms with Crippen LogP contribution in [0.25, 0.3) is 0 Å². The lowest BCUT2D eigenvalue weighted by Crippen LogP contribution is -2.49. The molecule has 8 heteroatoms. The SMILES string of the molecule is Cc1ccc(Oc2nccnc2SCC(=O)N2CCN(c3cccc(Cl)c3)CC2)cc1. The Bertz CT molecular complexity index is 1040. The minimum atomic E-state index is 0.0858. The Hall–Kier alpha value is -2.77. The van der Waals surface area contributed by atoms with Crippen LogP contribution in [0.15, 0.2) is 66.0 Å². The summed E-state index contributed by atoms with van der Waals surface area (Å²) in [6.07, 6.45) is 3.20. The Morgan fingerprint density at radius 1 is 1.06 bits per heavy atom. The lowest BCUT2D eigenvalue weighted by Gasteiger charge is -2.36. The molecule has 3 aromatic rings. The van der Waals surface area contributed by atoms with Crippen molar-refractivity contribution in [2.24, 2.45) is 0 Å². The van der Waals surface area contributed by atoms with Gasteiger partial charge in [0.2, 0.25) is 5.91 Å². The van der Waals surface area contributed by atoms with Crippen LogP contribution in [0, 0.1) is 6.92 Å². The molecule has 0 unspecified atom stereocenters. The fourth-order valence-corrected chi connectivity index (χ4v) is 4.29. The molecule has 0 radical (unpaired) electrons. The highest BCUT2D eigenvalue weighted by molar-refractivity contribution is 8.00. The quantitative estimate of drug-likeness (QED) is 0.504. The number of hydrogen-bond donors (Lipinski definition) is 0. The minimum Gasteiger partial charge on any atom is -0.437 e. The van der Waals surface area contributed by atoms with Gasteiger partial charge in [0.1, 0.15) is 5.75 Å². The number of benzene rings is 2. The monoisotopic (exact) mass is 454 g/mol. The number of nitrogens with zero attached hydrogens (tertiary/aromatic N) is 4. The zero-order valence-electron chi connectivity index (χ0n) is 17.2. The molecule has 0 N–H and O–H groups in total. The van der Waals surface area contributed by atoms with Crippen LogP contribution in [0.2, 0.25) is 5.02 Å². The fourth-order valence-electron chi connectivity index (χ4n) is 3.31. The third kappa shape index (κ3) is 5.68. The van der Waals surface area contributed by atoms with Gasteiger partial charge in [0, 0.05) is 49.3 Å². The second kappa shape index (κ2) is 10.0. The first-order chi connectivity index (χ1) is 15.1. The maximum Gasteiger partial charge on any atom is 0.252 e. The van der Waals surface area contributed by atoms with Crippen molar-refractivity contribution in [1.29, 1.82) is 0 Å². The molecule has 1 amide bonds. The van der Waals surface area contributed by atoms with E-state index in [9.17, 15) is 4.79 Å². The molecule has 1 aromatic heterocycles. The van der Waals surface area contributed by atoms with Crippen molar-refractivity contribution in [3.8, 4) is 11.6 Å². The van der Waals surface area contributed by atoms with E-state index >= 15 is 0 Å². The molecule has 160 valence electrons. The molecule has 0 saturated carbocycles. The van der Waals surface area contributed by atoms with Crippen molar-refractivity contribution in [3.63, 3.8) is 0 Å². The van der Waals surface area contributed by atoms with Crippen molar-refractivity contribution < 1.29 is 9.53 Å². The Labute approximate surface area is 191 Å². The van der Waals surface area contributed by atoms with Crippen molar-refractivity contribution >= 4 is 35.0 Å². The number of halogens is 1. The molecule has 31 heavy (non-hydrogen) atoms. The Kier molecular flexibility index (Phi) is 6.94. The van der Waals surface area contributed by atoms with E-state index in [0.717, 1.165) is 29.4 Å². The molecule has 2 aromatic carbocycles. The van der Waals surface area contributed by atoms with Gasteiger partial charge in [0.15, 0.2) is 5.03 Å². The van der Waals surface area contributed by atoms with Gasteiger partial charge in [-0.2, -0.15) is 0 Å². The minimum absolute atomic E-state index is 0.0858. The molecule has 0 atom stereocenters. The second-order valence-corrected chi connectivity index (χ2v) is 8.62. The Balaban J connectivity index is 1.32. The maximum absolute atomic E-state index is 12.8. The first-order valence-corrected chi connectivity index (χ1v) is 11.4. The Morgan fingerprint density at radius 3 is 2.55 bits per heavy atom. The van der Waals surface area contributed by atoms with Gasteiger partial charge >= 0.3 is 0 Å². The average molecular weight is 455 g/mol. The van der Waals surface area contributed by atoms with Crippen molar-refractivity contribution in [2.45, 2.75) is 11.9 Å². The summed E-state index contributed by atoms with van der Waals surface area (Å²) in [6, 6.07) is 15.6. The van der Waals surface area contributed by atoms with Crippen LogP contribution in [0.4, 0.5) is 5.69 Å². The lowest BCUT2D eigenvalue weighted by atomic mass is 10.2. The third-order valence-corrected chi connectivity index (χ3v) is 6.19. The summed E-state index contributed by atoms with van der Waals surface area (Å²) in [6.45, 7) is 4.94. The summed E-state index contributed by atoms with van der Waals surface area (Å²) in [5.74, 6) is 1.48. The van der Waals surface area contributed by atoms with Crippen LogP contribution in [-0.2, 0) is 4.79 Å². The number of amides is 1. The molecular formula is C23H23ClN4O2S. The van der Waals surface area contributed by atoms with Gasteiger partial charge in [-0.3, -0.25) is 4.79 Å². The summed E-state index contributed by atoms with van der Waals surface area (Å²) in [7, 11) is 0. The topological polar surface area (TPSA) is 58.6 Å². The highest BCUT2D eigenvalue weighted by atomic mass is 35.5. The van der Waals surface area contributed by atoms with Crippen LogP contribution >= 0.6 is 23.4 Å². The van der Waals surface area contributed by atoms with E-state index in [2.05, 4.69) is 14.9 Å². The van der Waals surface area contributed by atoms with Gasteiger partial charge in [-0.05, 0) is 37.3 Å². The predicted molar refractivity (Wildman–Crippen MR) is 124 cm³/mol. The number of anilines is 1. The third-order valence-electron chi connectivity index (χ3n) is 5.01. The zero-order chi connectivity index (χ0) is 21.6. The summed E-state index contributed by atoms with van der Waals surface area (Å²) in [5, 5.41) is 1.33. The maximum atomic E-state index is 12.8. The van der Waals surface area contributed by atoms with Crippen LogP contribution in [0.1, 0.15) is 5.56 Å². The molecule has 1 aliphatic heterocycles. The van der Waals surface area contributed by atoms with Gasteiger partial charge in [-0.1, -0.05) is 47.1 Å². The summed E-state index contributed by atoms with van der Waals surface area (Å²) < 4.78 is 5.88. The Morgan fingerprint density at radius 2 is 1.81 bits per heavy atom. The van der Waals surface area contributed by atoms with Gasteiger partial charge in [-0.25, -0.2) is 9.97 Å².